The van der Waals surface area contributed by atoms with E-state index in [0.717, 1.165) is 47.1 Å². The number of aliphatic hydroxyl groups excluding tert-OH is 1. The van der Waals surface area contributed by atoms with Gasteiger partial charge < -0.3 is 15.2 Å². The lowest BCUT2D eigenvalue weighted by molar-refractivity contribution is 0.179. The molecule has 1 saturated carbocycles. The second kappa shape index (κ2) is 7.62. The van der Waals surface area contributed by atoms with E-state index < -0.39 is 6.23 Å². The number of ether oxygens (including phenoxy) is 1. The van der Waals surface area contributed by atoms with Gasteiger partial charge in [0, 0.05) is 23.6 Å². The zero-order valence-electron chi connectivity index (χ0n) is 17.6. The zero-order valence-corrected chi connectivity index (χ0v) is 17.6. The van der Waals surface area contributed by atoms with Crippen molar-refractivity contribution in [2.75, 3.05) is 12.4 Å². The van der Waals surface area contributed by atoms with Gasteiger partial charge in [-0.25, -0.2) is 9.67 Å². The summed E-state index contributed by atoms with van der Waals surface area (Å²) in [5.74, 6) is 1.99. The van der Waals surface area contributed by atoms with Crippen LogP contribution in [-0.2, 0) is 13.5 Å². The van der Waals surface area contributed by atoms with Gasteiger partial charge in [-0.1, -0.05) is 13.0 Å². The molecule has 0 spiro atoms. The van der Waals surface area contributed by atoms with Crippen LogP contribution in [0, 0.1) is 5.92 Å². The van der Waals surface area contributed by atoms with Gasteiger partial charge in [0.25, 0.3) is 0 Å². The molecule has 10 heteroatoms. The van der Waals surface area contributed by atoms with E-state index >= 15 is 0 Å². The highest BCUT2D eigenvalue weighted by Gasteiger charge is 2.30. The molecule has 1 fully saturated rings. The molecule has 1 unspecified atom stereocenters. The number of tetrazole rings is 1. The van der Waals surface area contributed by atoms with Gasteiger partial charge in [-0.05, 0) is 36.6 Å². The van der Waals surface area contributed by atoms with Crippen molar-refractivity contribution in [3.63, 3.8) is 0 Å². The first-order valence-corrected chi connectivity index (χ1v) is 10.3. The number of nitrogens with zero attached hydrogens (tertiary/aromatic N) is 7. The molecule has 160 valence electrons. The van der Waals surface area contributed by atoms with Crippen LogP contribution >= 0.6 is 0 Å². The molecule has 31 heavy (non-hydrogen) atoms. The quantitative estimate of drug-likeness (QED) is 0.438. The fourth-order valence-corrected chi connectivity index (χ4v) is 3.75. The average molecular weight is 420 g/mol. The van der Waals surface area contributed by atoms with Crippen LogP contribution in [0.3, 0.4) is 0 Å². The number of rotatable bonds is 7. The minimum atomic E-state index is -0.590. The molecule has 1 aromatic carbocycles. The minimum absolute atomic E-state index is 0.296. The van der Waals surface area contributed by atoms with E-state index in [9.17, 15) is 5.11 Å². The predicted octanol–water partition coefficient (Wildman–Crippen LogP) is 2.32. The molecule has 4 aromatic rings. The summed E-state index contributed by atoms with van der Waals surface area (Å²) in [4.78, 5) is 5.91. The summed E-state index contributed by atoms with van der Waals surface area (Å²) in [5.41, 5.74) is 3.30. The van der Waals surface area contributed by atoms with E-state index in [1.54, 1.807) is 20.4 Å². The van der Waals surface area contributed by atoms with E-state index in [0.29, 0.717) is 23.3 Å². The van der Waals surface area contributed by atoms with Crippen molar-refractivity contribution in [1.82, 2.24) is 35.0 Å². The molecule has 1 aliphatic carbocycles. The van der Waals surface area contributed by atoms with Crippen LogP contribution in [0.4, 0.5) is 5.82 Å². The van der Waals surface area contributed by atoms with Gasteiger partial charge >= 0.3 is 0 Å². The third kappa shape index (κ3) is 3.48. The first kappa shape index (κ1) is 19.4. The second-order valence-electron chi connectivity index (χ2n) is 7.69. The third-order valence-electron chi connectivity index (χ3n) is 5.52. The summed E-state index contributed by atoms with van der Waals surface area (Å²) in [6.07, 6.45) is 4.05. The standard InChI is InChI=1S/C21H24N8O2/c1-4-15-14-11-22-18(23-21(30)12-8-9-12)10-17(14)29(25-15)16-7-5-6-13(19(16)31-3)20-24-27-28(2)26-20/h5-7,10-12,21,30H,4,8-9H2,1-3H3,(H,22,23). The Balaban J connectivity index is 1.65. The number of para-hydroxylation sites is 1. The maximum absolute atomic E-state index is 10.3. The average Bonchev–Trinajstić information content (AvgIpc) is 3.45. The number of benzene rings is 1. The smallest absolute Gasteiger partial charge is 0.208 e. The molecule has 0 saturated heterocycles. The summed E-state index contributed by atoms with van der Waals surface area (Å²) in [7, 11) is 3.34. The Morgan fingerprint density at radius 3 is 2.81 bits per heavy atom. The lowest BCUT2D eigenvalue weighted by Gasteiger charge is -2.14. The molecule has 3 heterocycles. The molecule has 2 N–H and O–H groups in total. The number of hydrogen-bond acceptors (Lipinski definition) is 8. The van der Waals surface area contributed by atoms with Crippen molar-refractivity contribution >= 4 is 16.7 Å². The van der Waals surface area contributed by atoms with Gasteiger partial charge in [-0.3, -0.25) is 0 Å². The highest BCUT2D eigenvalue weighted by molar-refractivity contribution is 5.86. The number of fused-ring (bicyclic) bond motifs is 1. The Morgan fingerprint density at radius 1 is 1.29 bits per heavy atom. The van der Waals surface area contributed by atoms with E-state index in [2.05, 4.69) is 32.6 Å². The Bertz CT molecular complexity index is 1240. The molecular formula is C21H24N8O2. The van der Waals surface area contributed by atoms with Gasteiger partial charge in [0.1, 0.15) is 17.7 Å². The number of hydrogen-bond donors (Lipinski definition) is 2. The van der Waals surface area contributed by atoms with Gasteiger partial charge in [-0.2, -0.15) is 9.90 Å². The number of aliphatic hydroxyl groups is 1. The lowest BCUT2D eigenvalue weighted by atomic mass is 10.1. The maximum Gasteiger partial charge on any atom is 0.208 e. The van der Waals surface area contributed by atoms with Gasteiger partial charge in [0.05, 0.1) is 30.9 Å². The van der Waals surface area contributed by atoms with Crippen molar-refractivity contribution in [2.45, 2.75) is 32.4 Å². The Hall–Kier alpha value is -3.53. The molecule has 0 radical (unpaired) electrons. The Labute approximate surface area is 178 Å². The molecule has 5 rings (SSSR count). The lowest BCUT2D eigenvalue weighted by Crippen LogP contribution is -2.21. The summed E-state index contributed by atoms with van der Waals surface area (Å²) in [6, 6.07) is 7.67. The van der Waals surface area contributed by atoms with Gasteiger partial charge in [-0.15, -0.1) is 10.2 Å². The molecule has 1 atom stereocenters. The number of aromatic nitrogens is 7. The SMILES string of the molecule is CCc1nn(-c2cccc(-c3nnn(C)n3)c2OC)c2cc(NC(O)C3CC3)ncc12. The molecule has 0 bridgehead atoms. The molecule has 0 aliphatic heterocycles. The highest BCUT2D eigenvalue weighted by atomic mass is 16.5. The molecule has 0 amide bonds. The molecule has 1 aliphatic rings. The fourth-order valence-electron chi connectivity index (χ4n) is 3.75. The molecular weight excluding hydrogens is 396 g/mol. The zero-order chi connectivity index (χ0) is 21.5. The first-order chi connectivity index (χ1) is 15.1. The number of aryl methyl sites for hydroxylation is 2. The summed E-state index contributed by atoms with van der Waals surface area (Å²) in [6.45, 7) is 2.06. The topological polar surface area (TPSA) is 116 Å². The number of methoxy groups -OCH3 is 1. The van der Waals surface area contributed by atoms with Crippen LogP contribution in [0.25, 0.3) is 28.0 Å². The summed E-state index contributed by atoms with van der Waals surface area (Å²) >= 11 is 0. The van der Waals surface area contributed by atoms with Crippen molar-refractivity contribution in [3.05, 3.63) is 36.2 Å². The summed E-state index contributed by atoms with van der Waals surface area (Å²) in [5, 5.41) is 31.6. The van der Waals surface area contributed by atoms with Gasteiger partial charge in [0.2, 0.25) is 5.82 Å². The van der Waals surface area contributed by atoms with Crippen molar-refractivity contribution in [3.8, 4) is 22.8 Å². The van der Waals surface area contributed by atoms with Crippen LogP contribution in [0.1, 0.15) is 25.5 Å². The maximum atomic E-state index is 10.3. The molecule has 3 aromatic heterocycles. The highest BCUT2D eigenvalue weighted by Crippen LogP contribution is 2.36. The van der Waals surface area contributed by atoms with E-state index in [4.69, 9.17) is 9.84 Å². The van der Waals surface area contributed by atoms with E-state index in [1.165, 1.54) is 4.80 Å². The third-order valence-corrected chi connectivity index (χ3v) is 5.52. The van der Waals surface area contributed by atoms with Crippen LogP contribution in [0.15, 0.2) is 30.5 Å². The Morgan fingerprint density at radius 2 is 2.13 bits per heavy atom. The number of anilines is 1. The van der Waals surface area contributed by atoms with Crippen molar-refractivity contribution < 1.29 is 9.84 Å². The summed E-state index contributed by atoms with van der Waals surface area (Å²) < 4.78 is 7.62. The Kier molecular flexibility index (Phi) is 4.78. The van der Waals surface area contributed by atoms with E-state index in [1.807, 2.05) is 28.9 Å². The minimum Gasteiger partial charge on any atom is -0.494 e. The number of pyridine rings is 1. The second-order valence-corrected chi connectivity index (χ2v) is 7.69. The van der Waals surface area contributed by atoms with Crippen LogP contribution in [-0.4, -0.2) is 53.4 Å². The fraction of sp³-hybridized carbons (Fsp3) is 0.381. The molecule has 10 nitrogen and oxygen atoms in total. The predicted molar refractivity (Wildman–Crippen MR) is 115 cm³/mol. The van der Waals surface area contributed by atoms with Crippen molar-refractivity contribution in [2.24, 2.45) is 13.0 Å². The van der Waals surface area contributed by atoms with E-state index in [-0.39, 0.29) is 0 Å². The van der Waals surface area contributed by atoms with Crippen LogP contribution < -0.4 is 10.1 Å². The number of nitrogens with one attached hydrogen (secondary N) is 1. The normalized spacial score (nSPS) is 14.7. The largest absolute Gasteiger partial charge is 0.494 e. The van der Waals surface area contributed by atoms with Gasteiger partial charge in [0.15, 0.2) is 5.75 Å². The van der Waals surface area contributed by atoms with Crippen LogP contribution in [0.5, 0.6) is 5.75 Å². The van der Waals surface area contributed by atoms with Crippen LogP contribution in [0.2, 0.25) is 0 Å². The monoisotopic (exact) mass is 420 g/mol. The first-order valence-electron chi connectivity index (χ1n) is 10.3. The van der Waals surface area contributed by atoms with Crippen molar-refractivity contribution in [1.29, 1.82) is 0 Å².